The lowest BCUT2D eigenvalue weighted by Crippen LogP contribution is -2.40. The lowest BCUT2D eigenvalue weighted by atomic mass is 9.87. The fourth-order valence-electron chi connectivity index (χ4n) is 4.27. The Kier molecular flexibility index (Phi) is 4.33. The fraction of sp³-hybridized carbons (Fsp3) is 0.333. The number of carboxylic acids is 1. The van der Waals surface area contributed by atoms with Gasteiger partial charge in [-0.3, -0.25) is 4.79 Å². The molecule has 2 fully saturated rings. The van der Waals surface area contributed by atoms with Crippen LogP contribution < -0.4 is 4.74 Å². The molecule has 1 N–H and O–H groups in total. The second-order valence-corrected chi connectivity index (χ2v) is 7.22. The van der Waals surface area contributed by atoms with E-state index in [0.717, 1.165) is 0 Å². The Morgan fingerprint density at radius 2 is 1.89 bits per heavy atom. The van der Waals surface area contributed by atoms with Gasteiger partial charge < -0.3 is 14.7 Å². The molecule has 1 aliphatic carbocycles. The number of ether oxygens (including phenoxy) is 1. The topological polar surface area (TPSA) is 66.8 Å². The highest BCUT2D eigenvalue weighted by molar-refractivity contribution is 5.94. The van der Waals surface area contributed by atoms with Gasteiger partial charge in [-0.2, -0.15) is 0 Å². The number of amides is 1. The summed E-state index contributed by atoms with van der Waals surface area (Å²) in [5, 5.41) is 8.69. The van der Waals surface area contributed by atoms with E-state index >= 15 is 0 Å². The molecule has 7 heteroatoms. The van der Waals surface area contributed by atoms with Crippen LogP contribution in [0.5, 0.6) is 5.75 Å². The van der Waals surface area contributed by atoms with E-state index in [0.29, 0.717) is 11.1 Å². The van der Waals surface area contributed by atoms with Crippen molar-refractivity contribution in [3.05, 3.63) is 65.7 Å². The number of alkyl halides is 2. The summed E-state index contributed by atoms with van der Waals surface area (Å²) in [6.07, 6.45) is 0.204. The van der Waals surface area contributed by atoms with Crippen molar-refractivity contribution < 1.29 is 28.2 Å². The molecule has 0 aromatic heterocycles. The minimum atomic E-state index is -2.84. The average molecular weight is 387 g/mol. The molecule has 5 nitrogen and oxygen atoms in total. The Morgan fingerprint density at radius 1 is 1.14 bits per heavy atom. The first-order valence-electron chi connectivity index (χ1n) is 9.03. The molecular formula is C21H19F2NO4. The molecule has 4 rings (SSSR count). The molecule has 0 radical (unpaired) electrons. The number of benzene rings is 2. The van der Waals surface area contributed by atoms with E-state index in [1.165, 1.54) is 11.0 Å². The quantitative estimate of drug-likeness (QED) is 0.856. The van der Waals surface area contributed by atoms with E-state index in [2.05, 4.69) is 0 Å². The molecule has 28 heavy (non-hydrogen) atoms. The van der Waals surface area contributed by atoms with Gasteiger partial charge in [0, 0.05) is 18.7 Å². The molecule has 2 aromatic carbocycles. The number of halogens is 2. The number of carboxylic acid groups (broad SMARTS) is 1. The Labute approximate surface area is 160 Å². The lowest BCUT2D eigenvalue weighted by molar-refractivity contribution is -0.139. The number of aliphatic carboxylic acids is 1. The van der Waals surface area contributed by atoms with Gasteiger partial charge in [-0.15, -0.1) is 0 Å². The number of hydrogen-bond donors (Lipinski definition) is 1. The molecule has 0 bridgehead atoms. The SMILES string of the molecule is O=C(O)COc1cccc(C(=O)N2CCC3(c4ccccc4)C(C2)C3(F)F)c1. The molecule has 1 aliphatic heterocycles. The molecule has 1 heterocycles. The van der Waals surface area contributed by atoms with E-state index in [1.807, 2.05) is 0 Å². The maximum Gasteiger partial charge on any atom is 0.341 e. The van der Waals surface area contributed by atoms with Gasteiger partial charge in [0.25, 0.3) is 11.8 Å². The van der Waals surface area contributed by atoms with Crippen LogP contribution in [0.3, 0.4) is 0 Å². The van der Waals surface area contributed by atoms with Crippen LogP contribution in [0, 0.1) is 5.92 Å². The Bertz CT molecular complexity index is 918. The highest BCUT2D eigenvalue weighted by atomic mass is 19.3. The van der Waals surface area contributed by atoms with Crippen molar-refractivity contribution in [2.24, 2.45) is 5.92 Å². The minimum Gasteiger partial charge on any atom is -0.482 e. The van der Waals surface area contributed by atoms with Gasteiger partial charge in [0.15, 0.2) is 6.61 Å². The van der Waals surface area contributed by atoms with Crippen molar-refractivity contribution in [2.75, 3.05) is 19.7 Å². The number of carbonyl (C=O) groups is 2. The number of hydrogen-bond acceptors (Lipinski definition) is 3. The number of piperidine rings is 1. The summed E-state index contributed by atoms with van der Waals surface area (Å²) in [6, 6.07) is 14.9. The molecule has 1 saturated carbocycles. The molecule has 146 valence electrons. The third-order valence-corrected chi connectivity index (χ3v) is 5.74. The predicted molar refractivity (Wildman–Crippen MR) is 96.7 cm³/mol. The molecule has 0 spiro atoms. The number of carbonyl (C=O) groups excluding carboxylic acids is 1. The van der Waals surface area contributed by atoms with Crippen molar-refractivity contribution in [1.29, 1.82) is 0 Å². The summed E-state index contributed by atoms with van der Waals surface area (Å²) in [6.45, 7) is -0.295. The summed E-state index contributed by atoms with van der Waals surface area (Å²) in [4.78, 5) is 24.9. The van der Waals surface area contributed by atoms with E-state index in [1.54, 1.807) is 48.5 Å². The Balaban J connectivity index is 1.50. The number of nitrogens with zero attached hydrogens (tertiary/aromatic N) is 1. The van der Waals surface area contributed by atoms with Gasteiger partial charge in [-0.1, -0.05) is 36.4 Å². The van der Waals surface area contributed by atoms with E-state index < -0.39 is 29.8 Å². The van der Waals surface area contributed by atoms with Crippen LogP contribution in [0.2, 0.25) is 0 Å². The molecule has 1 saturated heterocycles. The van der Waals surface area contributed by atoms with Crippen molar-refractivity contribution in [3.63, 3.8) is 0 Å². The van der Waals surface area contributed by atoms with Crippen molar-refractivity contribution >= 4 is 11.9 Å². The van der Waals surface area contributed by atoms with Gasteiger partial charge in [-0.25, -0.2) is 13.6 Å². The van der Waals surface area contributed by atoms with Crippen LogP contribution in [0.4, 0.5) is 8.78 Å². The highest BCUT2D eigenvalue weighted by Gasteiger charge is 2.81. The predicted octanol–water partition coefficient (Wildman–Crippen LogP) is 3.20. The van der Waals surface area contributed by atoms with Crippen LogP contribution in [-0.4, -0.2) is 47.5 Å². The summed E-state index contributed by atoms with van der Waals surface area (Å²) >= 11 is 0. The first-order chi connectivity index (χ1) is 13.4. The molecule has 1 amide bonds. The average Bonchev–Trinajstić information content (AvgIpc) is 3.22. The molecule has 2 atom stereocenters. The van der Waals surface area contributed by atoms with Crippen LogP contribution in [0.25, 0.3) is 0 Å². The van der Waals surface area contributed by atoms with Crippen molar-refractivity contribution in [1.82, 2.24) is 4.90 Å². The van der Waals surface area contributed by atoms with Crippen LogP contribution in [0.1, 0.15) is 22.3 Å². The van der Waals surface area contributed by atoms with Crippen molar-refractivity contribution in [2.45, 2.75) is 17.8 Å². The second kappa shape index (κ2) is 6.58. The lowest BCUT2D eigenvalue weighted by Gasteiger charge is -2.30. The standard InChI is InChI=1S/C21H19F2NO4/c22-21(23)17-12-24(10-9-20(17,21)15-6-2-1-3-7-15)19(27)14-5-4-8-16(11-14)28-13-18(25)26/h1-8,11,17H,9-10,12-13H2,(H,25,26). The Hall–Kier alpha value is -2.96. The van der Waals surface area contributed by atoms with E-state index in [4.69, 9.17) is 9.84 Å². The Morgan fingerprint density at radius 3 is 2.57 bits per heavy atom. The number of fused-ring (bicyclic) bond motifs is 1. The zero-order chi connectivity index (χ0) is 19.9. The highest BCUT2D eigenvalue weighted by Crippen LogP contribution is 2.70. The third kappa shape index (κ3) is 2.82. The second-order valence-electron chi connectivity index (χ2n) is 7.22. The molecule has 2 unspecified atom stereocenters. The summed E-state index contributed by atoms with van der Waals surface area (Å²) in [5.74, 6) is -4.96. The third-order valence-electron chi connectivity index (χ3n) is 5.74. The zero-order valence-electron chi connectivity index (χ0n) is 15.0. The van der Waals surface area contributed by atoms with E-state index in [9.17, 15) is 18.4 Å². The van der Waals surface area contributed by atoms with Crippen LogP contribution in [-0.2, 0) is 10.2 Å². The van der Waals surface area contributed by atoms with Gasteiger partial charge in [0.1, 0.15) is 5.75 Å². The summed E-state index contributed by atoms with van der Waals surface area (Å²) < 4.78 is 34.5. The normalized spacial score (nSPS) is 24.9. The van der Waals surface area contributed by atoms with Gasteiger partial charge >= 0.3 is 5.97 Å². The molecule has 2 aliphatic rings. The van der Waals surface area contributed by atoms with Crippen LogP contribution in [0.15, 0.2) is 54.6 Å². The maximum absolute atomic E-state index is 14.7. The van der Waals surface area contributed by atoms with Crippen molar-refractivity contribution in [3.8, 4) is 5.75 Å². The molecule has 2 aromatic rings. The first-order valence-corrected chi connectivity index (χ1v) is 9.03. The van der Waals surface area contributed by atoms with E-state index in [-0.39, 0.29) is 31.2 Å². The first kappa shape index (κ1) is 18.4. The monoisotopic (exact) mass is 387 g/mol. The smallest absolute Gasteiger partial charge is 0.341 e. The minimum absolute atomic E-state index is 0.0130. The summed E-state index contributed by atoms with van der Waals surface area (Å²) in [5.41, 5.74) is -0.266. The fourth-order valence-corrected chi connectivity index (χ4v) is 4.27. The van der Waals surface area contributed by atoms with Gasteiger partial charge in [0.2, 0.25) is 0 Å². The molecular weight excluding hydrogens is 368 g/mol. The maximum atomic E-state index is 14.7. The summed E-state index contributed by atoms with van der Waals surface area (Å²) in [7, 11) is 0. The van der Waals surface area contributed by atoms with Gasteiger partial charge in [0.05, 0.1) is 11.3 Å². The van der Waals surface area contributed by atoms with Gasteiger partial charge in [-0.05, 0) is 30.2 Å². The van der Waals surface area contributed by atoms with Crippen LogP contribution >= 0.6 is 0 Å². The zero-order valence-corrected chi connectivity index (χ0v) is 15.0. The number of likely N-dealkylation sites (tertiary alicyclic amines) is 1. The largest absolute Gasteiger partial charge is 0.482 e. The number of rotatable bonds is 5.